The Hall–Kier alpha value is -4.60. The second kappa shape index (κ2) is 13.5. The van der Waals surface area contributed by atoms with Crippen LogP contribution in [0.4, 0.5) is 4.79 Å². The van der Waals surface area contributed by atoms with Crippen LogP contribution in [0.25, 0.3) is 0 Å². The molecule has 0 saturated carbocycles. The number of benzene rings is 2. The Kier molecular flexibility index (Phi) is 10.4. The summed E-state index contributed by atoms with van der Waals surface area (Å²) in [6.07, 6.45) is -0.781. The van der Waals surface area contributed by atoms with Crippen molar-refractivity contribution in [3.05, 3.63) is 65.2 Å². The Morgan fingerprint density at radius 2 is 1.46 bits per heavy atom. The Bertz CT molecular complexity index is 1160. The number of amides is 4. The van der Waals surface area contributed by atoms with E-state index < -0.39 is 35.5 Å². The van der Waals surface area contributed by atoms with Crippen LogP contribution in [-0.4, -0.2) is 59.0 Å². The van der Waals surface area contributed by atoms with Gasteiger partial charge in [0.05, 0.1) is 6.54 Å². The summed E-state index contributed by atoms with van der Waals surface area (Å²) in [6, 6.07) is 11.6. The molecule has 0 bridgehead atoms. The molecule has 0 fully saturated rings. The number of hydrogen-bond acceptors (Lipinski definition) is 8. The van der Waals surface area contributed by atoms with Crippen molar-refractivity contribution >= 4 is 23.8 Å². The van der Waals surface area contributed by atoms with Gasteiger partial charge in [0.15, 0.2) is 6.61 Å². The Labute approximate surface area is 213 Å². The van der Waals surface area contributed by atoms with E-state index in [2.05, 4.69) is 22.5 Å². The lowest BCUT2D eigenvalue weighted by Crippen LogP contribution is -2.52. The van der Waals surface area contributed by atoms with E-state index in [1.807, 2.05) is 0 Å². The second-order valence-corrected chi connectivity index (χ2v) is 8.56. The molecule has 0 heterocycles. The van der Waals surface area contributed by atoms with E-state index in [0.717, 1.165) is 0 Å². The van der Waals surface area contributed by atoms with Crippen LogP contribution in [0.15, 0.2) is 48.5 Å². The zero-order chi connectivity index (χ0) is 27.4. The number of ether oxygens (including phenoxy) is 2. The maximum Gasteiger partial charge on any atom is 0.407 e. The van der Waals surface area contributed by atoms with E-state index in [0.29, 0.717) is 16.9 Å². The molecule has 6 N–H and O–H groups in total. The molecule has 12 nitrogen and oxygen atoms in total. The van der Waals surface area contributed by atoms with Gasteiger partial charge in [0, 0.05) is 16.7 Å². The summed E-state index contributed by atoms with van der Waals surface area (Å²) in [5, 5.41) is 22.2. The first-order valence-corrected chi connectivity index (χ1v) is 11.0. The average molecular weight is 513 g/mol. The minimum absolute atomic E-state index is 0.229. The molecule has 2 aromatic rings. The van der Waals surface area contributed by atoms with E-state index >= 15 is 0 Å². The van der Waals surface area contributed by atoms with E-state index in [9.17, 15) is 19.2 Å². The molecule has 0 saturated heterocycles. The van der Waals surface area contributed by atoms with Gasteiger partial charge in [0.2, 0.25) is 0 Å². The lowest BCUT2D eigenvalue weighted by Gasteiger charge is -2.21. The highest BCUT2D eigenvalue weighted by Crippen LogP contribution is 2.12. The highest BCUT2D eigenvalue weighted by Gasteiger charge is 2.23. The van der Waals surface area contributed by atoms with Crippen molar-refractivity contribution in [3.63, 3.8) is 0 Å². The van der Waals surface area contributed by atoms with Crippen molar-refractivity contribution in [2.45, 2.75) is 32.4 Å². The molecule has 1 atom stereocenters. The van der Waals surface area contributed by atoms with Crippen molar-refractivity contribution < 1.29 is 39.1 Å². The molecule has 0 spiro atoms. The number of nitrogens with one attached hydrogen (secondary N) is 4. The average Bonchev–Trinajstić information content (AvgIpc) is 2.87. The van der Waals surface area contributed by atoms with Gasteiger partial charge in [-0.25, -0.2) is 15.8 Å². The fourth-order valence-corrected chi connectivity index (χ4v) is 2.69. The fraction of sp³-hybridized carbons (Fsp3) is 0.280. The maximum atomic E-state index is 12.6. The maximum absolute atomic E-state index is 12.6. The second-order valence-electron chi connectivity index (χ2n) is 8.56. The molecule has 0 aliphatic rings. The highest BCUT2D eigenvalue weighted by atomic mass is 16.6. The third-order valence-corrected chi connectivity index (χ3v) is 4.43. The first kappa shape index (κ1) is 28.6. The molecule has 0 radical (unpaired) electrons. The van der Waals surface area contributed by atoms with Gasteiger partial charge in [0.25, 0.3) is 17.7 Å². The van der Waals surface area contributed by atoms with Gasteiger partial charge in [-0.3, -0.25) is 24.8 Å². The fourth-order valence-electron chi connectivity index (χ4n) is 2.69. The first-order valence-electron chi connectivity index (χ1n) is 11.0. The highest BCUT2D eigenvalue weighted by molar-refractivity contribution is 5.97. The number of hydroxylamine groups is 2. The minimum atomic E-state index is -1.26. The molecule has 0 aromatic heterocycles. The van der Waals surface area contributed by atoms with Gasteiger partial charge < -0.3 is 20.1 Å². The van der Waals surface area contributed by atoms with Crippen LogP contribution in [0.2, 0.25) is 0 Å². The summed E-state index contributed by atoms with van der Waals surface area (Å²) >= 11 is 0. The summed E-state index contributed by atoms with van der Waals surface area (Å²) in [4.78, 5) is 47.3. The Balaban J connectivity index is 1.97. The largest absolute Gasteiger partial charge is 0.484 e. The first-order chi connectivity index (χ1) is 17.5. The number of alkyl carbamates (subject to hydrolysis) is 1. The molecule has 37 heavy (non-hydrogen) atoms. The van der Waals surface area contributed by atoms with Gasteiger partial charge in [-0.05, 0) is 69.3 Å². The predicted octanol–water partition coefficient (Wildman–Crippen LogP) is 1.10. The van der Waals surface area contributed by atoms with Crippen molar-refractivity contribution in [2.24, 2.45) is 0 Å². The molecule has 12 heteroatoms. The van der Waals surface area contributed by atoms with E-state index in [-0.39, 0.29) is 18.7 Å². The van der Waals surface area contributed by atoms with Crippen molar-refractivity contribution in [3.8, 4) is 17.6 Å². The molecule has 4 amide bonds. The molecule has 196 valence electrons. The van der Waals surface area contributed by atoms with Gasteiger partial charge in [0.1, 0.15) is 17.4 Å². The Morgan fingerprint density at radius 1 is 0.892 bits per heavy atom. The summed E-state index contributed by atoms with van der Waals surface area (Å²) in [6.45, 7) is 4.39. The number of hydrogen-bond donors (Lipinski definition) is 6. The van der Waals surface area contributed by atoms with Crippen LogP contribution in [0, 0.1) is 11.8 Å². The lowest BCUT2D eigenvalue weighted by molar-refractivity contribution is -0.131. The number of carbonyl (C=O) groups is 4. The third kappa shape index (κ3) is 10.3. The predicted molar refractivity (Wildman–Crippen MR) is 130 cm³/mol. The van der Waals surface area contributed by atoms with Gasteiger partial charge in [-0.1, -0.05) is 11.8 Å². The van der Waals surface area contributed by atoms with E-state index in [1.165, 1.54) is 23.1 Å². The van der Waals surface area contributed by atoms with Crippen LogP contribution in [0.3, 0.4) is 0 Å². The quantitative estimate of drug-likeness (QED) is 0.173. The lowest BCUT2D eigenvalue weighted by atomic mass is 10.1. The number of rotatable bonds is 8. The standard InChI is InChI=1S/C25H28N4O8/c1-25(2,3)37-24(33)26-14-20(23(32)29-35)27-22(31)18-10-6-16(7-11-18)4-5-17-8-12-19(13-9-17)36-15-21(30)28-34/h6-13,20,34-35H,14-15H2,1-3H3,(H,26,33)(H,27,31)(H,28,30)(H,29,32)/t20-/m0/s1. The van der Waals surface area contributed by atoms with E-state index in [4.69, 9.17) is 19.9 Å². The molecule has 0 aliphatic carbocycles. The zero-order valence-corrected chi connectivity index (χ0v) is 20.5. The third-order valence-electron chi connectivity index (χ3n) is 4.43. The summed E-state index contributed by atoms with van der Waals surface area (Å²) in [5.41, 5.74) is 3.70. The summed E-state index contributed by atoms with van der Waals surface area (Å²) in [7, 11) is 0. The summed E-state index contributed by atoms with van der Waals surface area (Å²) < 4.78 is 10.3. The molecular weight excluding hydrogens is 484 g/mol. The van der Waals surface area contributed by atoms with Gasteiger partial charge in [-0.2, -0.15) is 0 Å². The van der Waals surface area contributed by atoms with Crippen LogP contribution in [0.1, 0.15) is 42.3 Å². The Morgan fingerprint density at radius 3 is 1.97 bits per heavy atom. The molecule has 2 rings (SSSR count). The van der Waals surface area contributed by atoms with Crippen LogP contribution in [0.5, 0.6) is 5.75 Å². The van der Waals surface area contributed by atoms with Crippen LogP contribution in [-0.2, 0) is 14.3 Å². The monoisotopic (exact) mass is 512 g/mol. The smallest absolute Gasteiger partial charge is 0.407 e. The van der Waals surface area contributed by atoms with E-state index in [1.54, 1.807) is 57.2 Å². The van der Waals surface area contributed by atoms with Crippen molar-refractivity contribution in [2.75, 3.05) is 13.2 Å². The van der Waals surface area contributed by atoms with Crippen LogP contribution < -0.4 is 26.3 Å². The molecule has 0 aliphatic heterocycles. The molecule has 0 unspecified atom stereocenters. The van der Waals surface area contributed by atoms with Crippen LogP contribution >= 0.6 is 0 Å². The number of carbonyl (C=O) groups excluding carboxylic acids is 4. The van der Waals surface area contributed by atoms with Crippen molar-refractivity contribution in [1.82, 2.24) is 21.6 Å². The van der Waals surface area contributed by atoms with Crippen molar-refractivity contribution in [1.29, 1.82) is 0 Å². The van der Waals surface area contributed by atoms with Gasteiger partial charge >= 0.3 is 6.09 Å². The summed E-state index contributed by atoms with van der Waals surface area (Å²) in [5.74, 6) is 4.13. The topological polar surface area (TPSA) is 175 Å². The van der Waals surface area contributed by atoms with Gasteiger partial charge in [-0.15, -0.1) is 0 Å². The molecular formula is C25H28N4O8. The SMILES string of the molecule is CC(C)(C)OC(=O)NC[C@H](NC(=O)c1ccc(C#Cc2ccc(OCC(=O)NO)cc2)cc1)C(=O)NO. The normalized spacial score (nSPS) is 11.2. The molecule has 2 aromatic carbocycles. The minimum Gasteiger partial charge on any atom is -0.484 e. The zero-order valence-electron chi connectivity index (χ0n) is 20.5.